The summed E-state index contributed by atoms with van der Waals surface area (Å²) in [4.78, 5) is 24.0. The van der Waals surface area contributed by atoms with E-state index in [0.717, 1.165) is 10.5 Å². The van der Waals surface area contributed by atoms with Gasteiger partial charge in [0.1, 0.15) is 11.6 Å². The van der Waals surface area contributed by atoms with Gasteiger partial charge in [-0.2, -0.15) is 5.26 Å². The lowest BCUT2D eigenvalue weighted by Gasteiger charge is -2.05. The Labute approximate surface area is 155 Å². The Morgan fingerprint density at radius 2 is 2.00 bits per heavy atom. The van der Waals surface area contributed by atoms with Crippen molar-refractivity contribution in [2.45, 2.75) is 23.6 Å². The predicted octanol–water partition coefficient (Wildman–Crippen LogP) is 4.52. The second-order valence-corrected chi connectivity index (χ2v) is 6.41. The van der Waals surface area contributed by atoms with E-state index in [2.05, 4.69) is 0 Å². The molecule has 2 aromatic carbocycles. The Morgan fingerprint density at radius 1 is 1.31 bits per heavy atom. The van der Waals surface area contributed by atoms with Crippen LogP contribution in [-0.4, -0.2) is 17.5 Å². The highest BCUT2D eigenvalue weighted by Gasteiger charge is 2.17. The van der Waals surface area contributed by atoms with Crippen molar-refractivity contribution in [3.8, 4) is 6.07 Å². The van der Waals surface area contributed by atoms with Crippen LogP contribution in [0.1, 0.15) is 18.1 Å². The highest BCUT2D eigenvalue weighted by atomic mass is 32.2. The average molecular weight is 368 g/mol. The lowest BCUT2D eigenvalue weighted by molar-refractivity contribution is -0.387. The summed E-state index contributed by atoms with van der Waals surface area (Å²) in [5, 5.41) is 20.5. The Morgan fingerprint density at radius 3 is 2.58 bits per heavy atom. The molecule has 0 N–H and O–H groups in total. The molecule has 2 rings (SSSR count). The summed E-state index contributed by atoms with van der Waals surface area (Å²) in [5.74, 6) is -0.754. The summed E-state index contributed by atoms with van der Waals surface area (Å²) in [6, 6.07) is 14.0. The molecule has 0 unspecified atom stereocenters. The summed E-state index contributed by atoms with van der Waals surface area (Å²) in [6.45, 7) is 3.74. The molecule has 0 bridgehead atoms. The van der Waals surface area contributed by atoms with Gasteiger partial charge in [-0.3, -0.25) is 10.1 Å². The van der Waals surface area contributed by atoms with E-state index in [1.165, 1.54) is 23.9 Å². The van der Waals surface area contributed by atoms with Crippen molar-refractivity contribution in [1.82, 2.24) is 0 Å². The number of nitrogens with zero attached hydrogens (tertiary/aromatic N) is 2. The van der Waals surface area contributed by atoms with Crippen LogP contribution in [0.2, 0.25) is 0 Å². The van der Waals surface area contributed by atoms with Crippen LogP contribution < -0.4 is 0 Å². The SMILES string of the molecule is CCOC(=O)/C(C#N)=C/c1ccc(Sc2ccc(C)cc2)c([N+](=O)[O-])c1. The van der Waals surface area contributed by atoms with Gasteiger partial charge in [-0.25, -0.2) is 4.79 Å². The summed E-state index contributed by atoms with van der Waals surface area (Å²) in [7, 11) is 0. The fourth-order valence-electron chi connectivity index (χ4n) is 2.10. The minimum Gasteiger partial charge on any atom is -0.462 e. The maximum Gasteiger partial charge on any atom is 0.348 e. The molecule has 0 aliphatic rings. The zero-order chi connectivity index (χ0) is 19.1. The van der Waals surface area contributed by atoms with Crippen LogP contribution in [0.25, 0.3) is 6.08 Å². The number of carbonyl (C=O) groups excluding carboxylic acids is 1. The largest absolute Gasteiger partial charge is 0.462 e. The molecular formula is C19H16N2O4S. The summed E-state index contributed by atoms with van der Waals surface area (Å²) >= 11 is 1.28. The van der Waals surface area contributed by atoms with Crippen LogP contribution in [0.4, 0.5) is 5.69 Å². The number of nitro groups is 1. The van der Waals surface area contributed by atoms with Crippen LogP contribution in [0.15, 0.2) is 57.8 Å². The second kappa shape index (κ2) is 8.83. The number of aryl methyl sites for hydroxylation is 1. The zero-order valence-electron chi connectivity index (χ0n) is 14.3. The second-order valence-electron chi connectivity index (χ2n) is 5.29. The Bertz CT molecular complexity index is 899. The van der Waals surface area contributed by atoms with Crippen molar-refractivity contribution < 1.29 is 14.5 Å². The van der Waals surface area contributed by atoms with Gasteiger partial charge in [-0.05, 0) is 43.7 Å². The van der Waals surface area contributed by atoms with Crippen LogP contribution in [0.5, 0.6) is 0 Å². The normalized spacial score (nSPS) is 10.9. The van der Waals surface area contributed by atoms with Crippen LogP contribution in [0.3, 0.4) is 0 Å². The van der Waals surface area contributed by atoms with Crippen molar-refractivity contribution in [1.29, 1.82) is 5.26 Å². The number of hydrogen-bond acceptors (Lipinski definition) is 6. The molecule has 0 saturated carbocycles. The first-order valence-electron chi connectivity index (χ1n) is 7.76. The monoisotopic (exact) mass is 368 g/mol. The molecule has 0 atom stereocenters. The van der Waals surface area contributed by atoms with E-state index in [-0.39, 0.29) is 17.9 Å². The number of carbonyl (C=O) groups is 1. The van der Waals surface area contributed by atoms with E-state index in [1.807, 2.05) is 31.2 Å². The van der Waals surface area contributed by atoms with Gasteiger partial charge in [0, 0.05) is 11.0 Å². The number of esters is 1. The fraction of sp³-hybridized carbons (Fsp3) is 0.158. The van der Waals surface area contributed by atoms with Gasteiger partial charge >= 0.3 is 5.97 Å². The number of hydrogen-bond donors (Lipinski definition) is 0. The Balaban J connectivity index is 2.36. The molecule has 7 heteroatoms. The van der Waals surface area contributed by atoms with Crippen molar-refractivity contribution in [2.24, 2.45) is 0 Å². The number of nitro benzene ring substituents is 1. The van der Waals surface area contributed by atoms with Gasteiger partial charge in [0.15, 0.2) is 0 Å². The van der Waals surface area contributed by atoms with Gasteiger partial charge in [-0.1, -0.05) is 35.5 Å². The summed E-state index contributed by atoms with van der Waals surface area (Å²) in [5.41, 5.74) is 1.19. The summed E-state index contributed by atoms with van der Waals surface area (Å²) < 4.78 is 4.79. The number of rotatable bonds is 6. The van der Waals surface area contributed by atoms with Crippen molar-refractivity contribution >= 4 is 29.5 Å². The van der Waals surface area contributed by atoms with Crippen molar-refractivity contribution in [3.05, 3.63) is 69.3 Å². The standard InChI is InChI=1S/C19H16N2O4S/c1-3-25-19(22)15(12-20)10-14-6-9-18(17(11-14)21(23)24)26-16-7-4-13(2)5-8-16/h4-11H,3H2,1-2H3/b15-10+. The maximum absolute atomic E-state index is 11.7. The molecule has 0 radical (unpaired) electrons. The van der Waals surface area contributed by atoms with Crippen molar-refractivity contribution in [3.63, 3.8) is 0 Å². The third kappa shape index (κ3) is 4.94. The highest BCUT2D eigenvalue weighted by molar-refractivity contribution is 7.99. The molecule has 0 aliphatic heterocycles. The lowest BCUT2D eigenvalue weighted by Crippen LogP contribution is -2.06. The van der Waals surface area contributed by atoms with Crippen LogP contribution in [0, 0.1) is 28.4 Å². The molecule has 0 aromatic heterocycles. The van der Waals surface area contributed by atoms with Crippen molar-refractivity contribution in [2.75, 3.05) is 6.61 Å². The fourth-order valence-corrected chi connectivity index (χ4v) is 3.00. The molecule has 0 amide bonds. The van der Waals surface area contributed by atoms with Gasteiger partial charge in [0.05, 0.1) is 16.4 Å². The first kappa shape index (κ1) is 19.2. The van der Waals surface area contributed by atoms with E-state index in [1.54, 1.807) is 25.1 Å². The van der Waals surface area contributed by atoms with E-state index >= 15 is 0 Å². The molecule has 26 heavy (non-hydrogen) atoms. The molecule has 6 nitrogen and oxygen atoms in total. The molecule has 0 spiro atoms. The first-order chi connectivity index (χ1) is 12.4. The molecule has 0 saturated heterocycles. The van der Waals surface area contributed by atoms with E-state index in [4.69, 9.17) is 10.00 Å². The molecule has 0 fully saturated rings. The van der Waals surface area contributed by atoms with Gasteiger partial charge in [0.2, 0.25) is 0 Å². The minimum absolute atomic E-state index is 0.0922. The van der Waals surface area contributed by atoms with Crippen LogP contribution >= 0.6 is 11.8 Å². The van der Waals surface area contributed by atoms with Crippen LogP contribution in [-0.2, 0) is 9.53 Å². The van der Waals surface area contributed by atoms with Gasteiger partial charge in [-0.15, -0.1) is 0 Å². The molecule has 0 aliphatic carbocycles. The number of ether oxygens (including phenoxy) is 1. The Hall–Kier alpha value is -3.11. The van der Waals surface area contributed by atoms with Gasteiger partial charge in [0.25, 0.3) is 5.69 Å². The number of nitriles is 1. The molecule has 2 aromatic rings. The first-order valence-corrected chi connectivity index (χ1v) is 8.58. The van der Waals surface area contributed by atoms with Gasteiger partial charge < -0.3 is 4.74 Å². The smallest absolute Gasteiger partial charge is 0.348 e. The average Bonchev–Trinajstić information content (AvgIpc) is 2.62. The third-order valence-corrected chi connectivity index (χ3v) is 4.43. The molecule has 0 heterocycles. The highest BCUT2D eigenvalue weighted by Crippen LogP contribution is 2.35. The van der Waals surface area contributed by atoms with E-state index < -0.39 is 10.9 Å². The molecule has 132 valence electrons. The minimum atomic E-state index is -0.754. The summed E-state index contributed by atoms with van der Waals surface area (Å²) in [6.07, 6.45) is 1.28. The lowest BCUT2D eigenvalue weighted by atomic mass is 10.1. The quantitative estimate of drug-likeness (QED) is 0.245. The Kier molecular flexibility index (Phi) is 6.53. The number of benzene rings is 2. The topological polar surface area (TPSA) is 93.2 Å². The van der Waals surface area contributed by atoms with E-state index in [9.17, 15) is 14.9 Å². The zero-order valence-corrected chi connectivity index (χ0v) is 15.1. The van der Waals surface area contributed by atoms with E-state index in [0.29, 0.717) is 10.5 Å². The third-order valence-electron chi connectivity index (χ3n) is 3.36. The maximum atomic E-state index is 11.7. The molecular weight excluding hydrogens is 352 g/mol. The predicted molar refractivity (Wildman–Crippen MR) is 98.6 cm³/mol.